The second kappa shape index (κ2) is 6.85. The van der Waals surface area contributed by atoms with Gasteiger partial charge in [-0.1, -0.05) is 91.0 Å². The highest BCUT2D eigenvalue weighted by atomic mass is 16.5. The fourth-order valence-electron chi connectivity index (χ4n) is 5.63. The van der Waals surface area contributed by atoms with Crippen molar-refractivity contribution in [3.05, 3.63) is 144 Å². The number of hydrogen-bond donors (Lipinski definition) is 1. The summed E-state index contributed by atoms with van der Waals surface area (Å²) >= 11 is 0. The van der Waals surface area contributed by atoms with Gasteiger partial charge in [0.15, 0.2) is 0 Å². The van der Waals surface area contributed by atoms with E-state index >= 15 is 0 Å². The molecule has 5 aromatic rings. The van der Waals surface area contributed by atoms with Crippen molar-refractivity contribution in [2.75, 3.05) is 5.32 Å². The Hall–Kier alpha value is -4.30. The van der Waals surface area contributed by atoms with Crippen molar-refractivity contribution >= 4 is 11.4 Å². The van der Waals surface area contributed by atoms with E-state index in [1.807, 2.05) is 18.2 Å². The molecule has 33 heavy (non-hydrogen) atoms. The first-order valence-electron chi connectivity index (χ1n) is 11.3. The van der Waals surface area contributed by atoms with Crippen LogP contribution in [-0.2, 0) is 5.41 Å². The molecule has 1 aliphatic heterocycles. The molecule has 0 radical (unpaired) electrons. The van der Waals surface area contributed by atoms with Crippen molar-refractivity contribution in [3.8, 4) is 22.6 Å². The maximum atomic E-state index is 6.53. The van der Waals surface area contributed by atoms with Gasteiger partial charge < -0.3 is 10.1 Å². The SMILES string of the molecule is c1ccc(Nc2ccc3c(c2)Oc2ccccc2C32c3ccccc3-c3ccccc32)cc1. The van der Waals surface area contributed by atoms with Gasteiger partial charge in [0.25, 0.3) is 0 Å². The van der Waals surface area contributed by atoms with Crippen molar-refractivity contribution < 1.29 is 4.74 Å². The average molecular weight is 424 g/mol. The first kappa shape index (κ1) is 18.3. The topological polar surface area (TPSA) is 21.3 Å². The largest absolute Gasteiger partial charge is 0.457 e. The Kier molecular flexibility index (Phi) is 3.80. The zero-order valence-corrected chi connectivity index (χ0v) is 18.0. The summed E-state index contributed by atoms with van der Waals surface area (Å²) in [5, 5.41) is 3.52. The van der Waals surface area contributed by atoms with Crippen LogP contribution in [0.3, 0.4) is 0 Å². The van der Waals surface area contributed by atoms with E-state index in [-0.39, 0.29) is 0 Å². The van der Waals surface area contributed by atoms with Crippen LogP contribution in [0.1, 0.15) is 22.3 Å². The van der Waals surface area contributed by atoms with Crippen molar-refractivity contribution in [2.45, 2.75) is 5.41 Å². The minimum absolute atomic E-state index is 0.400. The molecule has 2 aliphatic rings. The summed E-state index contributed by atoms with van der Waals surface area (Å²) in [4.78, 5) is 0. The number of rotatable bonds is 2. The lowest BCUT2D eigenvalue weighted by Gasteiger charge is -2.39. The van der Waals surface area contributed by atoms with E-state index < -0.39 is 5.41 Å². The van der Waals surface area contributed by atoms with Gasteiger partial charge in [-0.15, -0.1) is 0 Å². The number of benzene rings is 5. The first-order valence-corrected chi connectivity index (χ1v) is 11.3. The summed E-state index contributed by atoms with van der Waals surface area (Å²) in [5.74, 6) is 1.80. The van der Waals surface area contributed by atoms with Crippen LogP contribution in [0.5, 0.6) is 11.5 Å². The minimum atomic E-state index is -0.400. The fraction of sp³-hybridized carbons (Fsp3) is 0.0323. The molecule has 0 fully saturated rings. The molecule has 1 heterocycles. The molecule has 156 valence electrons. The highest BCUT2D eigenvalue weighted by molar-refractivity contribution is 5.88. The molecule has 0 saturated heterocycles. The molecule has 0 bridgehead atoms. The fourth-order valence-corrected chi connectivity index (χ4v) is 5.63. The van der Waals surface area contributed by atoms with Crippen LogP contribution in [0.2, 0.25) is 0 Å². The smallest absolute Gasteiger partial charge is 0.134 e. The Morgan fingerprint density at radius 3 is 1.76 bits per heavy atom. The van der Waals surface area contributed by atoms with Gasteiger partial charge in [0.05, 0.1) is 5.41 Å². The van der Waals surface area contributed by atoms with Gasteiger partial charge in [0.2, 0.25) is 0 Å². The molecule has 0 saturated carbocycles. The summed E-state index contributed by atoms with van der Waals surface area (Å²) in [7, 11) is 0. The quantitative estimate of drug-likeness (QED) is 0.305. The maximum Gasteiger partial charge on any atom is 0.134 e. The molecule has 1 spiro atoms. The highest BCUT2D eigenvalue weighted by Crippen LogP contribution is 2.62. The number of nitrogens with one attached hydrogen (secondary N) is 1. The van der Waals surface area contributed by atoms with Crippen molar-refractivity contribution in [1.82, 2.24) is 0 Å². The van der Waals surface area contributed by atoms with E-state index in [2.05, 4.69) is 108 Å². The third-order valence-electron chi connectivity index (χ3n) is 6.91. The third-order valence-corrected chi connectivity index (χ3v) is 6.91. The average Bonchev–Trinajstić information content (AvgIpc) is 3.16. The summed E-state index contributed by atoms with van der Waals surface area (Å²) in [5.41, 5.74) is 9.25. The van der Waals surface area contributed by atoms with Gasteiger partial charge >= 0.3 is 0 Å². The molecule has 0 aromatic heterocycles. The molecule has 1 N–H and O–H groups in total. The van der Waals surface area contributed by atoms with Gasteiger partial charge in [-0.05, 0) is 46.5 Å². The van der Waals surface area contributed by atoms with Crippen LogP contribution in [-0.4, -0.2) is 0 Å². The van der Waals surface area contributed by atoms with E-state index in [9.17, 15) is 0 Å². The molecule has 0 amide bonds. The minimum Gasteiger partial charge on any atom is -0.457 e. The van der Waals surface area contributed by atoms with E-state index in [4.69, 9.17) is 4.74 Å². The second-order valence-corrected chi connectivity index (χ2v) is 8.64. The lowest BCUT2D eigenvalue weighted by molar-refractivity contribution is 0.436. The predicted octanol–water partition coefficient (Wildman–Crippen LogP) is 7.90. The molecule has 7 rings (SSSR count). The van der Waals surface area contributed by atoms with Crippen LogP contribution in [0.15, 0.2) is 121 Å². The third kappa shape index (κ3) is 2.49. The van der Waals surface area contributed by atoms with Crippen molar-refractivity contribution in [3.63, 3.8) is 0 Å². The van der Waals surface area contributed by atoms with E-state index in [0.29, 0.717) is 0 Å². The van der Waals surface area contributed by atoms with Crippen molar-refractivity contribution in [1.29, 1.82) is 0 Å². The molecule has 1 aliphatic carbocycles. The highest BCUT2D eigenvalue weighted by Gasteiger charge is 2.50. The molecule has 0 atom stereocenters. The molecular weight excluding hydrogens is 402 g/mol. The Morgan fingerprint density at radius 1 is 0.455 bits per heavy atom. The van der Waals surface area contributed by atoms with Crippen molar-refractivity contribution in [2.24, 2.45) is 0 Å². The monoisotopic (exact) mass is 423 g/mol. The van der Waals surface area contributed by atoms with Crippen LogP contribution in [0.4, 0.5) is 11.4 Å². The Balaban J connectivity index is 1.51. The number of fused-ring (bicyclic) bond motifs is 9. The summed E-state index contributed by atoms with van der Waals surface area (Å²) < 4.78 is 6.53. The van der Waals surface area contributed by atoms with Gasteiger partial charge in [-0.25, -0.2) is 0 Å². The van der Waals surface area contributed by atoms with Crippen LogP contribution >= 0.6 is 0 Å². The van der Waals surface area contributed by atoms with Gasteiger partial charge in [-0.3, -0.25) is 0 Å². The zero-order valence-electron chi connectivity index (χ0n) is 18.0. The number of anilines is 2. The molecule has 2 nitrogen and oxygen atoms in total. The Bertz CT molecular complexity index is 1470. The summed E-state index contributed by atoms with van der Waals surface area (Å²) in [6, 6.07) is 42.8. The lowest BCUT2D eigenvalue weighted by atomic mass is 9.66. The molecular formula is C31H21NO. The molecule has 2 heteroatoms. The van der Waals surface area contributed by atoms with Gasteiger partial charge in [0.1, 0.15) is 11.5 Å². The standard InChI is InChI=1S/C31H21NO/c1-2-10-21(11-3-1)32-22-18-19-28-30(20-22)33-29-17-9-8-16-27(29)31(28)25-14-6-4-12-23(25)24-13-5-7-15-26(24)31/h1-20,32H. The van der Waals surface area contributed by atoms with Gasteiger partial charge in [-0.2, -0.15) is 0 Å². The van der Waals surface area contributed by atoms with E-state index in [1.165, 1.54) is 33.4 Å². The van der Waals surface area contributed by atoms with E-state index in [0.717, 1.165) is 22.9 Å². The van der Waals surface area contributed by atoms with Crippen LogP contribution in [0, 0.1) is 0 Å². The second-order valence-electron chi connectivity index (χ2n) is 8.64. The Labute approximate surface area is 193 Å². The van der Waals surface area contributed by atoms with Crippen LogP contribution in [0.25, 0.3) is 11.1 Å². The first-order chi connectivity index (χ1) is 16.4. The van der Waals surface area contributed by atoms with E-state index in [1.54, 1.807) is 0 Å². The molecule has 5 aromatic carbocycles. The molecule has 0 unspecified atom stereocenters. The lowest BCUT2D eigenvalue weighted by Crippen LogP contribution is -2.32. The van der Waals surface area contributed by atoms with Gasteiger partial charge in [0, 0.05) is 28.6 Å². The van der Waals surface area contributed by atoms with Crippen LogP contribution < -0.4 is 10.1 Å². The maximum absolute atomic E-state index is 6.53. The summed E-state index contributed by atoms with van der Waals surface area (Å²) in [6.07, 6.45) is 0. The number of ether oxygens (including phenoxy) is 1. The number of para-hydroxylation sites is 2. The normalized spacial score (nSPS) is 13.9. The predicted molar refractivity (Wildman–Crippen MR) is 134 cm³/mol. The summed E-state index contributed by atoms with van der Waals surface area (Å²) in [6.45, 7) is 0. The zero-order chi connectivity index (χ0) is 21.8. The Morgan fingerprint density at radius 2 is 1.03 bits per heavy atom. The number of hydrogen-bond acceptors (Lipinski definition) is 2.